The van der Waals surface area contributed by atoms with Crippen molar-refractivity contribution in [3.63, 3.8) is 0 Å². The first-order valence-corrected chi connectivity index (χ1v) is 5.81. The van der Waals surface area contributed by atoms with E-state index in [0.29, 0.717) is 0 Å². The van der Waals surface area contributed by atoms with Gasteiger partial charge in [-0.15, -0.1) is 0 Å². The Balaban J connectivity index is 2.94. The summed E-state index contributed by atoms with van der Waals surface area (Å²) in [6.07, 6.45) is 0. The van der Waals surface area contributed by atoms with Crippen LogP contribution in [-0.4, -0.2) is 22.5 Å². The van der Waals surface area contributed by atoms with E-state index in [2.05, 4.69) is 46.9 Å². The van der Waals surface area contributed by atoms with Gasteiger partial charge in [-0.1, -0.05) is 0 Å². The molecule has 9 heavy (non-hydrogen) atoms. The average Bonchev–Trinajstić information content (AvgIpc) is 1.88. The summed E-state index contributed by atoms with van der Waals surface area (Å²) in [5, 5.41) is 0. The Morgan fingerprint density at radius 1 is 1.44 bits per heavy atom. The van der Waals surface area contributed by atoms with Gasteiger partial charge < -0.3 is 0 Å². The molecule has 0 fully saturated rings. The third-order valence-corrected chi connectivity index (χ3v) is 2.93. The zero-order chi connectivity index (χ0) is 6.69. The molecule has 0 bridgehead atoms. The molecule has 0 radical (unpaired) electrons. The summed E-state index contributed by atoms with van der Waals surface area (Å²) in [4.78, 5) is 0. The molecular weight excluding hydrogens is 330 g/mol. The Morgan fingerprint density at radius 2 is 2.22 bits per heavy atom. The molecule has 2 heteroatoms. The van der Waals surface area contributed by atoms with Gasteiger partial charge in [0.2, 0.25) is 0 Å². The van der Waals surface area contributed by atoms with Gasteiger partial charge in [-0.25, -0.2) is 0 Å². The van der Waals surface area contributed by atoms with Crippen LogP contribution >= 0.6 is 22.6 Å². The Hall–Kier alpha value is 0.749. The molecule has 0 saturated heterocycles. The van der Waals surface area contributed by atoms with E-state index in [1.54, 1.807) is 22.5 Å². The summed E-state index contributed by atoms with van der Waals surface area (Å²) >= 11 is 3.93. The molecule has 0 nitrogen and oxygen atoms in total. The Bertz CT molecular complexity index is 198. The second-order valence-electron chi connectivity index (χ2n) is 1.81. The van der Waals surface area contributed by atoms with Crippen molar-refractivity contribution in [2.75, 3.05) is 0 Å². The van der Waals surface area contributed by atoms with Crippen LogP contribution in [0.5, 0.6) is 0 Å². The first kappa shape index (κ1) is 7.85. The maximum absolute atomic E-state index is 2.34. The molecule has 1 aromatic carbocycles. The summed E-state index contributed by atoms with van der Waals surface area (Å²) < 4.78 is 2.57. The van der Waals surface area contributed by atoms with Crippen LogP contribution in [-0.2, 0) is 4.44 Å². The fourth-order valence-corrected chi connectivity index (χ4v) is 1.88. The Labute approximate surface area is 82.3 Å². The van der Waals surface area contributed by atoms with Gasteiger partial charge in [0.25, 0.3) is 0 Å². The summed E-state index contributed by atoms with van der Waals surface area (Å²) in [5.74, 6) is 0. The molecule has 0 atom stereocenters. The van der Waals surface area contributed by atoms with Crippen LogP contribution in [0, 0.1) is 3.57 Å². The molecule has 0 heterocycles. The topological polar surface area (TPSA) is 0 Å². The molecule has 0 unspecified atom stereocenters. The van der Waals surface area contributed by atoms with Gasteiger partial charge in [0.1, 0.15) is 0 Å². The molecule has 1 rings (SSSR count). The first-order valence-electron chi connectivity index (χ1n) is 2.72. The molecule has 0 aliphatic heterocycles. The molecule has 0 aromatic heterocycles. The van der Waals surface area contributed by atoms with Crippen molar-refractivity contribution in [1.29, 1.82) is 0 Å². The molecule has 0 amide bonds. The fourth-order valence-electron chi connectivity index (χ4n) is 0.647. The third kappa shape index (κ3) is 2.45. The monoisotopic (exact) mass is 337 g/mol. The van der Waals surface area contributed by atoms with Crippen molar-refractivity contribution in [3.8, 4) is 0 Å². The Morgan fingerprint density at radius 3 is 2.67 bits per heavy atom. The molecule has 0 aliphatic carbocycles. The predicted octanol–water partition coefficient (Wildman–Crippen LogP) is 1.96. The van der Waals surface area contributed by atoms with E-state index in [1.807, 2.05) is 0 Å². The number of hydrogen-bond acceptors (Lipinski definition) is 0. The van der Waals surface area contributed by atoms with Crippen molar-refractivity contribution >= 4 is 45.1 Å². The van der Waals surface area contributed by atoms with Crippen molar-refractivity contribution in [1.82, 2.24) is 0 Å². The number of halogens is 1. The maximum atomic E-state index is 2.34. The van der Waals surface area contributed by atoms with Crippen LogP contribution in [0.25, 0.3) is 0 Å². The quantitative estimate of drug-likeness (QED) is 0.544. The normalized spacial score (nSPS) is 9.67. The summed E-state index contributed by atoms with van der Waals surface area (Å²) in [7, 11) is 0. The van der Waals surface area contributed by atoms with E-state index < -0.39 is 0 Å². The van der Waals surface area contributed by atoms with E-state index in [-0.39, 0.29) is 0 Å². The van der Waals surface area contributed by atoms with E-state index >= 15 is 0 Å². The van der Waals surface area contributed by atoms with Gasteiger partial charge in [0.05, 0.1) is 0 Å². The molecule has 0 aliphatic rings. The van der Waals surface area contributed by atoms with Crippen LogP contribution in [0.15, 0.2) is 24.3 Å². The van der Waals surface area contributed by atoms with E-state index in [9.17, 15) is 0 Å². The van der Waals surface area contributed by atoms with E-state index in [0.717, 1.165) is 0 Å². The zero-order valence-corrected chi connectivity index (χ0v) is 9.91. The van der Waals surface area contributed by atoms with Crippen molar-refractivity contribution < 1.29 is 0 Å². The van der Waals surface area contributed by atoms with E-state index in [1.165, 1.54) is 13.6 Å². The molecule has 42 valence electrons. The van der Waals surface area contributed by atoms with Gasteiger partial charge in [0.15, 0.2) is 0 Å². The SMILES string of the molecule is [Sn+3][CH2]c1cccc(I)c1. The summed E-state index contributed by atoms with van der Waals surface area (Å²) in [6, 6.07) is 8.64. The van der Waals surface area contributed by atoms with Gasteiger partial charge in [-0.05, 0) is 0 Å². The standard InChI is InChI=1S/C7H6I.Sn/c1-6-3-2-4-7(8)5-6;/h2-5H,1H2;/q;+3. The van der Waals surface area contributed by atoms with Gasteiger partial charge in [-0.2, -0.15) is 0 Å². The van der Waals surface area contributed by atoms with Crippen LogP contribution in [0.3, 0.4) is 0 Å². The number of benzene rings is 1. The van der Waals surface area contributed by atoms with E-state index in [4.69, 9.17) is 0 Å². The molecular formula is C7H6ISn+3. The third-order valence-electron chi connectivity index (χ3n) is 1.09. The number of rotatable bonds is 1. The number of hydrogen-bond donors (Lipinski definition) is 0. The van der Waals surface area contributed by atoms with Crippen LogP contribution in [0.2, 0.25) is 0 Å². The van der Waals surface area contributed by atoms with Gasteiger partial charge in [-0.3, -0.25) is 0 Å². The van der Waals surface area contributed by atoms with Gasteiger partial charge >= 0.3 is 83.0 Å². The minimum atomic E-state index is 1.23. The van der Waals surface area contributed by atoms with Crippen molar-refractivity contribution in [2.24, 2.45) is 0 Å². The Kier molecular flexibility index (Phi) is 3.32. The molecule has 0 saturated carbocycles. The van der Waals surface area contributed by atoms with Crippen LogP contribution < -0.4 is 0 Å². The molecule has 0 N–H and O–H groups in total. The second kappa shape index (κ2) is 3.81. The second-order valence-corrected chi connectivity index (χ2v) is 4.06. The molecule has 0 spiro atoms. The van der Waals surface area contributed by atoms with Crippen molar-refractivity contribution in [2.45, 2.75) is 4.44 Å². The average molecular weight is 336 g/mol. The summed E-state index contributed by atoms with van der Waals surface area (Å²) in [5.41, 5.74) is 1.46. The zero-order valence-electron chi connectivity index (χ0n) is 4.89. The fraction of sp³-hybridized carbons (Fsp3) is 0.143. The molecule has 1 aromatic rings. The van der Waals surface area contributed by atoms with Crippen LogP contribution in [0.4, 0.5) is 0 Å². The first-order chi connectivity index (χ1) is 4.33. The minimum absolute atomic E-state index is 1.23. The summed E-state index contributed by atoms with van der Waals surface area (Å²) in [6.45, 7) is 0. The predicted molar refractivity (Wildman–Crippen MR) is 48.6 cm³/mol. The van der Waals surface area contributed by atoms with Gasteiger partial charge in [0, 0.05) is 0 Å². The van der Waals surface area contributed by atoms with Crippen molar-refractivity contribution in [3.05, 3.63) is 33.4 Å². The van der Waals surface area contributed by atoms with Crippen LogP contribution in [0.1, 0.15) is 5.56 Å².